The Bertz CT molecular complexity index is 160. The van der Waals surface area contributed by atoms with E-state index in [-0.39, 0.29) is 5.60 Å². The van der Waals surface area contributed by atoms with Gasteiger partial charge >= 0.3 is 0 Å². The third kappa shape index (κ3) is 2.41. The number of hydrogen-bond acceptors (Lipinski definition) is 2. The molecular formula is C11H22OS. The van der Waals surface area contributed by atoms with E-state index < -0.39 is 0 Å². The van der Waals surface area contributed by atoms with Gasteiger partial charge in [0.1, 0.15) is 0 Å². The van der Waals surface area contributed by atoms with Crippen molar-refractivity contribution in [2.24, 2.45) is 5.92 Å². The Hall–Kier alpha value is 0.310. The molecule has 0 aromatic heterocycles. The van der Waals surface area contributed by atoms with Gasteiger partial charge in [-0.15, -0.1) is 0 Å². The van der Waals surface area contributed by atoms with Crippen molar-refractivity contribution in [3.63, 3.8) is 0 Å². The first kappa shape index (κ1) is 11.4. The Labute approximate surface area is 86.3 Å². The molecule has 0 aliphatic carbocycles. The van der Waals surface area contributed by atoms with E-state index in [1.54, 1.807) is 0 Å². The van der Waals surface area contributed by atoms with Gasteiger partial charge in [-0.3, -0.25) is 0 Å². The largest absolute Gasteiger partial charge is 0.388 e. The highest BCUT2D eigenvalue weighted by Crippen LogP contribution is 2.40. The SMILES string of the molecule is CCCC(C)C1(O)CCCSC1C. The second-order valence-corrected chi connectivity index (χ2v) is 5.75. The minimum atomic E-state index is -0.390. The molecule has 1 aliphatic rings. The topological polar surface area (TPSA) is 20.2 Å². The molecule has 0 spiro atoms. The molecule has 0 amide bonds. The van der Waals surface area contributed by atoms with E-state index >= 15 is 0 Å². The van der Waals surface area contributed by atoms with E-state index in [1.807, 2.05) is 11.8 Å². The van der Waals surface area contributed by atoms with Crippen LogP contribution in [0.15, 0.2) is 0 Å². The maximum atomic E-state index is 10.5. The maximum Gasteiger partial charge on any atom is 0.0788 e. The number of rotatable bonds is 3. The predicted molar refractivity (Wildman–Crippen MR) is 60.2 cm³/mol. The molecule has 0 aromatic rings. The number of hydrogen-bond donors (Lipinski definition) is 1. The molecule has 1 fully saturated rings. The lowest BCUT2D eigenvalue weighted by Crippen LogP contribution is -2.47. The van der Waals surface area contributed by atoms with Crippen molar-refractivity contribution in [2.75, 3.05) is 5.75 Å². The lowest BCUT2D eigenvalue weighted by atomic mass is 9.79. The fraction of sp³-hybridized carbons (Fsp3) is 1.00. The minimum absolute atomic E-state index is 0.390. The van der Waals surface area contributed by atoms with Crippen molar-refractivity contribution in [1.29, 1.82) is 0 Å². The van der Waals surface area contributed by atoms with Gasteiger partial charge in [-0.05, 0) is 30.9 Å². The third-order valence-electron chi connectivity index (χ3n) is 3.37. The molecular weight excluding hydrogens is 180 g/mol. The molecule has 0 bridgehead atoms. The summed E-state index contributed by atoms with van der Waals surface area (Å²) in [7, 11) is 0. The van der Waals surface area contributed by atoms with Crippen LogP contribution < -0.4 is 0 Å². The van der Waals surface area contributed by atoms with Crippen LogP contribution in [-0.2, 0) is 0 Å². The second-order valence-electron chi connectivity index (χ2n) is 4.30. The maximum absolute atomic E-state index is 10.5. The van der Waals surface area contributed by atoms with Gasteiger partial charge in [0.15, 0.2) is 0 Å². The average Bonchev–Trinajstić information content (AvgIpc) is 2.11. The van der Waals surface area contributed by atoms with Crippen LogP contribution in [-0.4, -0.2) is 21.7 Å². The van der Waals surface area contributed by atoms with E-state index in [1.165, 1.54) is 18.6 Å². The molecule has 1 rings (SSSR count). The number of aliphatic hydroxyl groups is 1. The van der Waals surface area contributed by atoms with Crippen LogP contribution in [0, 0.1) is 5.92 Å². The predicted octanol–water partition coefficient (Wildman–Crippen LogP) is 3.07. The molecule has 0 aromatic carbocycles. The zero-order valence-electron chi connectivity index (χ0n) is 9.05. The first-order valence-corrected chi connectivity index (χ1v) is 6.50. The van der Waals surface area contributed by atoms with Crippen LogP contribution in [0.5, 0.6) is 0 Å². The molecule has 0 saturated carbocycles. The van der Waals surface area contributed by atoms with Crippen molar-refractivity contribution < 1.29 is 5.11 Å². The van der Waals surface area contributed by atoms with Crippen LogP contribution in [0.4, 0.5) is 0 Å². The quantitative estimate of drug-likeness (QED) is 0.759. The zero-order valence-corrected chi connectivity index (χ0v) is 9.86. The van der Waals surface area contributed by atoms with Gasteiger partial charge in [0.2, 0.25) is 0 Å². The Morgan fingerprint density at radius 2 is 2.31 bits per heavy atom. The van der Waals surface area contributed by atoms with Gasteiger partial charge in [-0.1, -0.05) is 27.2 Å². The highest BCUT2D eigenvalue weighted by Gasteiger charge is 2.40. The van der Waals surface area contributed by atoms with Crippen molar-refractivity contribution in [3.8, 4) is 0 Å². The van der Waals surface area contributed by atoms with E-state index in [4.69, 9.17) is 0 Å². The van der Waals surface area contributed by atoms with Crippen molar-refractivity contribution in [2.45, 2.75) is 57.3 Å². The van der Waals surface area contributed by atoms with Crippen LogP contribution in [0.25, 0.3) is 0 Å². The summed E-state index contributed by atoms with van der Waals surface area (Å²) in [5.74, 6) is 1.68. The van der Waals surface area contributed by atoms with Crippen molar-refractivity contribution >= 4 is 11.8 Å². The standard InChI is InChI=1S/C11H22OS/c1-4-6-9(2)11(12)7-5-8-13-10(11)3/h9-10,12H,4-8H2,1-3H3. The third-order valence-corrected chi connectivity index (χ3v) is 4.80. The Kier molecular flexibility index (Phi) is 4.11. The van der Waals surface area contributed by atoms with E-state index in [0.717, 1.165) is 12.8 Å². The van der Waals surface area contributed by atoms with Crippen LogP contribution in [0.2, 0.25) is 0 Å². The van der Waals surface area contributed by atoms with Crippen LogP contribution >= 0.6 is 11.8 Å². The average molecular weight is 202 g/mol. The van der Waals surface area contributed by atoms with Crippen LogP contribution in [0.1, 0.15) is 46.5 Å². The summed E-state index contributed by atoms with van der Waals surface area (Å²) in [6, 6.07) is 0. The highest BCUT2D eigenvalue weighted by molar-refractivity contribution is 8.00. The lowest BCUT2D eigenvalue weighted by molar-refractivity contribution is -0.0242. The fourth-order valence-corrected chi connectivity index (χ4v) is 3.60. The Morgan fingerprint density at radius 3 is 2.85 bits per heavy atom. The Morgan fingerprint density at radius 1 is 1.62 bits per heavy atom. The fourth-order valence-electron chi connectivity index (χ4n) is 2.29. The highest BCUT2D eigenvalue weighted by atomic mass is 32.2. The Balaban J connectivity index is 2.59. The van der Waals surface area contributed by atoms with E-state index in [0.29, 0.717) is 11.2 Å². The summed E-state index contributed by atoms with van der Waals surface area (Å²) in [4.78, 5) is 0. The summed E-state index contributed by atoms with van der Waals surface area (Å²) < 4.78 is 0. The number of thioether (sulfide) groups is 1. The van der Waals surface area contributed by atoms with Gasteiger partial charge < -0.3 is 5.11 Å². The molecule has 0 radical (unpaired) electrons. The minimum Gasteiger partial charge on any atom is -0.388 e. The molecule has 1 aliphatic heterocycles. The molecule has 1 heterocycles. The summed E-state index contributed by atoms with van der Waals surface area (Å²) in [6.45, 7) is 6.57. The molecule has 1 N–H and O–H groups in total. The summed E-state index contributed by atoms with van der Waals surface area (Å²) in [5.41, 5.74) is -0.390. The zero-order chi connectivity index (χ0) is 9.90. The molecule has 3 unspecified atom stereocenters. The van der Waals surface area contributed by atoms with Crippen molar-refractivity contribution in [1.82, 2.24) is 0 Å². The van der Waals surface area contributed by atoms with E-state index in [2.05, 4.69) is 20.8 Å². The van der Waals surface area contributed by atoms with Gasteiger partial charge in [-0.25, -0.2) is 0 Å². The summed E-state index contributed by atoms with van der Waals surface area (Å²) >= 11 is 1.93. The molecule has 1 nitrogen and oxygen atoms in total. The first-order valence-electron chi connectivity index (χ1n) is 5.45. The lowest BCUT2D eigenvalue weighted by Gasteiger charge is -2.42. The van der Waals surface area contributed by atoms with Gasteiger partial charge in [0, 0.05) is 5.25 Å². The van der Waals surface area contributed by atoms with Crippen molar-refractivity contribution in [3.05, 3.63) is 0 Å². The van der Waals surface area contributed by atoms with Gasteiger partial charge in [0.25, 0.3) is 0 Å². The van der Waals surface area contributed by atoms with Gasteiger partial charge in [0.05, 0.1) is 5.60 Å². The summed E-state index contributed by atoms with van der Waals surface area (Å²) in [6.07, 6.45) is 4.52. The molecule has 1 saturated heterocycles. The molecule has 78 valence electrons. The first-order chi connectivity index (χ1) is 6.11. The normalized spacial score (nSPS) is 37.4. The molecule has 2 heteroatoms. The smallest absolute Gasteiger partial charge is 0.0788 e. The summed E-state index contributed by atoms with van der Waals surface area (Å²) in [5, 5.41) is 10.9. The van der Waals surface area contributed by atoms with Crippen LogP contribution in [0.3, 0.4) is 0 Å². The van der Waals surface area contributed by atoms with Gasteiger partial charge in [-0.2, -0.15) is 11.8 Å². The second kappa shape index (κ2) is 4.70. The molecule has 3 atom stereocenters. The monoisotopic (exact) mass is 202 g/mol. The molecule has 13 heavy (non-hydrogen) atoms. The van der Waals surface area contributed by atoms with E-state index in [9.17, 15) is 5.11 Å².